The van der Waals surface area contributed by atoms with Gasteiger partial charge in [-0.25, -0.2) is 0 Å². The summed E-state index contributed by atoms with van der Waals surface area (Å²) < 4.78 is 0. The number of hydrogen-bond donors (Lipinski definition) is 1. The van der Waals surface area contributed by atoms with Gasteiger partial charge in [-0.05, 0) is 18.7 Å². The molecule has 0 aromatic carbocycles. The van der Waals surface area contributed by atoms with Crippen LogP contribution in [-0.4, -0.2) is 23.9 Å². The van der Waals surface area contributed by atoms with Crippen LogP contribution in [0.3, 0.4) is 0 Å². The fourth-order valence-corrected chi connectivity index (χ4v) is 0.857. The van der Waals surface area contributed by atoms with Crippen LogP contribution >= 0.6 is 0 Å². The van der Waals surface area contributed by atoms with E-state index >= 15 is 0 Å². The number of carbonyl (C=O) groups is 1. The zero-order valence-electron chi connectivity index (χ0n) is 9.08. The maximum Gasteiger partial charge on any atom is 0.194 e. The van der Waals surface area contributed by atoms with Crippen molar-refractivity contribution in [3.63, 3.8) is 0 Å². The molecule has 0 radical (unpaired) electrons. The lowest BCUT2D eigenvalue weighted by Crippen LogP contribution is -2.23. The Kier molecular flexibility index (Phi) is 7.65. The molecule has 0 atom stereocenters. The van der Waals surface area contributed by atoms with Crippen LogP contribution in [0, 0.1) is 0 Å². The molecule has 3 nitrogen and oxygen atoms in total. The number of rotatable bonds is 4. The molecule has 1 heterocycles. The minimum atomic E-state index is 0. The average Bonchev–Trinajstić information content (AvgIpc) is 2.30. The van der Waals surface area contributed by atoms with Crippen LogP contribution in [0.5, 0.6) is 0 Å². The third kappa shape index (κ3) is 4.72. The Labute approximate surface area is 87.0 Å². The molecule has 0 aliphatic heterocycles. The summed E-state index contributed by atoms with van der Waals surface area (Å²) in [6.45, 7) is 7.14. The summed E-state index contributed by atoms with van der Waals surface area (Å²) in [6.07, 6.45) is 1.62. The summed E-state index contributed by atoms with van der Waals surface area (Å²) in [6, 6.07) is 5.33. The fraction of sp³-hybridized carbons (Fsp3) is 0.455. The number of carbonyl (C=O) groups excluding carboxylic acids is 1. The predicted molar refractivity (Wildman–Crippen MR) is 60.6 cm³/mol. The van der Waals surface area contributed by atoms with Gasteiger partial charge in [0.15, 0.2) is 5.78 Å². The highest BCUT2D eigenvalue weighted by Crippen LogP contribution is 1.93. The highest BCUT2D eigenvalue weighted by molar-refractivity contribution is 5.95. The molecule has 0 fully saturated rings. The first-order chi connectivity index (χ1) is 6.84. The third-order valence-corrected chi connectivity index (χ3v) is 1.49. The lowest BCUT2D eigenvalue weighted by atomic mass is 10.2. The lowest BCUT2D eigenvalue weighted by molar-refractivity contribution is 0.0987. The van der Waals surface area contributed by atoms with Gasteiger partial charge in [0.1, 0.15) is 5.69 Å². The number of nitrogens with one attached hydrogen (secondary N) is 1. The molecule has 1 rings (SSSR count). The van der Waals surface area contributed by atoms with Crippen molar-refractivity contribution < 1.29 is 6.22 Å². The van der Waals surface area contributed by atoms with E-state index in [0.29, 0.717) is 12.2 Å². The molecule has 0 saturated heterocycles. The number of aromatic nitrogens is 1. The van der Waals surface area contributed by atoms with Gasteiger partial charge in [-0.1, -0.05) is 26.8 Å². The van der Waals surface area contributed by atoms with Crippen molar-refractivity contribution in [3.8, 4) is 0 Å². The molecule has 0 amide bonds. The highest BCUT2D eigenvalue weighted by atomic mass is 16.1. The minimum absolute atomic E-state index is 0. The van der Waals surface area contributed by atoms with Gasteiger partial charge in [-0.3, -0.25) is 9.78 Å². The zero-order chi connectivity index (χ0) is 10.8. The molecule has 1 aromatic rings. The van der Waals surface area contributed by atoms with E-state index in [-0.39, 0.29) is 7.21 Å². The number of Topliss-reactive ketones (excluding diaryl/α,β-unsaturated/α-hetero) is 1. The quantitative estimate of drug-likeness (QED) is 0.750. The fourth-order valence-electron chi connectivity index (χ4n) is 0.857. The Bertz CT molecular complexity index is 252. The van der Waals surface area contributed by atoms with Crippen LogP contribution in [0.1, 0.15) is 32.7 Å². The van der Waals surface area contributed by atoms with Crippen LogP contribution in [-0.2, 0) is 0 Å². The Morgan fingerprint density at radius 3 is 2.71 bits per heavy atom. The number of ketones is 1. The first-order valence-corrected chi connectivity index (χ1v) is 4.99. The Morgan fingerprint density at radius 2 is 2.21 bits per heavy atom. The van der Waals surface area contributed by atoms with Crippen molar-refractivity contribution in [2.24, 2.45) is 0 Å². The predicted octanol–water partition coefficient (Wildman–Crippen LogP) is 2.15. The second kappa shape index (κ2) is 8.38. The SMILES string of the molecule is CC.CCNCC(=O)c1ccccn1.[HH]. The first-order valence-electron chi connectivity index (χ1n) is 4.99. The maximum absolute atomic E-state index is 11.3. The average molecular weight is 196 g/mol. The summed E-state index contributed by atoms with van der Waals surface area (Å²) in [5.41, 5.74) is 0.526. The summed E-state index contributed by atoms with van der Waals surface area (Å²) in [5.74, 6) is 0.0393. The van der Waals surface area contributed by atoms with Crippen LogP contribution in [0.15, 0.2) is 24.4 Å². The molecule has 80 valence electrons. The van der Waals surface area contributed by atoms with Crippen LogP contribution in [0.25, 0.3) is 0 Å². The molecular weight excluding hydrogens is 176 g/mol. The summed E-state index contributed by atoms with van der Waals surface area (Å²) in [7, 11) is 0. The monoisotopic (exact) mass is 196 g/mol. The van der Waals surface area contributed by atoms with E-state index in [1.807, 2.05) is 26.8 Å². The number of pyridine rings is 1. The molecule has 0 unspecified atom stereocenters. The molecular formula is C11H20N2O. The number of likely N-dealkylation sites (N-methyl/N-ethyl adjacent to an activating group) is 1. The van der Waals surface area contributed by atoms with Gasteiger partial charge in [0.05, 0.1) is 6.54 Å². The normalized spacial score (nSPS) is 8.79. The second-order valence-corrected chi connectivity index (χ2v) is 2.42. The van der Waals surface area contributed by atoms with E-state index in [0.717, 1.165) is 6.54 Å². The third-order valence-electron chi connectivity index (χ3n) is 1.49. The molecule has 0 aliphatic rings. The van der Waals surface area contributed by atoms with Crippen molar-refractivity contribution in [2.45, 2.75) is 20.8 Å². The van der Waals surface area contributed by atoms with Crippen molar-refractivity contribution in [3.05, 3.63) is 30.1 Å². The van der Waals surface area contributed by atoms with Crippen LogP contribution in [0.2, 0.25) is 0 Å². The first kappa shape index (κ1) is 12.8. The lowest BCUT2D eigenvalue weighted by Gasteiger charge is -1.99. The topological polar surface area (TPSA) is 42.0 Å². The van der Waals surface area contributed by atoms with Gasteiger partial charge in [0, 0.05) is 7.62 Å². The van der Waals surface area contributed by atoms with E-state index in [4.69, 9.17) is 0 Å². The van der Waals surface area contributed by atoms with Gasteiger partial charge < -0.3 is 5.32 Å². The largest absolute Gasteiger partial charge is 0.310 e. The number of nitrogens with zero attached hydrogens (tertiary/aromatic N) is 1. The van der Waals surface area contributed by atoms with E-state index in [9.17, 15) is 4.79 Å². The van der Waals surface area contributed by atoms with Crippen molar-refractivity contribution in [2.75, 3.05) is 13.1 Å². The molecule has 0 bridgehead atoms. The Balaban J connectivity index is 0. The highest BCUT2D eigenvalue weighted by Gasteiger charge is 2.03. The smallest absolute Gasteiger partial charge is 0.194 e. The Hall–Kier alpha value is -1.22. The molecule has 3 heteroatoms. The summed E-state index contributed by atoms with van der Waals surface area (Å²) in [5, 5.41) is 2.96. The molecule has 0 saturated carbocycles. The van der Waals surface area contributed by atoms with E-state index < -0.39 is 0 Å². The second-order valence-electron chi connectivity index (χ2n) is 2.42. The van der Waals surface area contributed by atoms with Gasteiger partial charge in [0.2, 0.25) is 0 Å². The van der Waals surface area contributed by atoms with Gasteiger partial charge in [-0.2, -0.15) is 0 Å². The van der Waals surface area contributed by atoms with E-state index in [1.165, 1.54) is 0 Å². The van der Waals surface area contributed by atoms with Crippen molar-refractivity contribution in [1.82, 2.24) is 10.3 Å². The van der Waals surface area contributed by atoms with E-state index in [1.54, 1.807) is 18.3 Å². The Morgan fingerprint density at radius 1 is 1.50 bits per heavy atom. The van der Waals surface area contributed by atoms with Crippen molar-refractivity contribution >= 4 is 5.78 Å². The van der Waals surface area contributed by atoms with Crippen LogP contribution in [0.4, 0.5) is 0 Å². The molecule has 14 heavy (non-hydrogen) atoms. The molecule has 1 aromatic heterocycles. The molecule has 1 N–H and O–H groups in total. The summed E-state index contributed by atoms with van der Waals surface area (Å²) in [4.78, 5) is 15.2. The van der Waals surface area contributed by atoms with Gasteiger partial charge in [-0.15, -0.1) is 0 Å². The van der Waals surface area contributed by atoms with Gasteiger partial charge in [0.25, 0.3) is 0 Å². The minimum Gasteiger partial charge on any atom is -0.310 e. The van der Waals surface area contributed by atoms with Crippen LogP contribution < -0.4 is 5.32 Å². The molecule has 0 spiro atoms. The van der Waals surface area contributed by atoms with E-state index in [2.05, 4.69) is 10.3 Å². The van der Waals surface area contributed by atoms with Crippen molar-refractivity contribution in [1.29, 1.82) is 0 Å². The maximum atomic E-state index is 11.3. The standard InChI is InChI=1S/C9H12N2O.C2H6.H2/c1-2-10-7-9(12)8-5-3-4-6-11-8;1-2;/h3-6,10H,2,7H2,1H3;1-2H3;1H. The number of hydrogen-bond acceptors (Lipinski definition) is 3. The van der Waals surface area contributed by atoms with Gasteiger partial charge >= 0.3 is 0 Å². The summed E-state index contributed by atoms with van der Waals surface area (Å²) >= 11 is 0. The molecule has 0 aliphatic carbocycles. The zero-order valence-corrected chi connectivity index (χ0v) is 9.08.